The first kappa shape index (κ1) is 19.8. The Morgan fingerprint density at radius 2 is 2.17 bits per heavy atom. The molecule has 29 heavy (non-hydrogen) atoms. The van der Waals surface area contributed by atoms with E-state index in [9.17, 15) is 4.79 Å². The van der Waals surface area contributed by atoms with Crippen LogP contribution in [0.15, 0.2) is 29.9 Å². The number of carbonyl (C=O) groups is 1. The van der Waals surface area contributed by atoms with Crippen LogP contribution in [0.25, 0.3) is 0 Å². The first-order chi connectivity index (χ1) is 14.0. The summed E-state index contributed by atoms with van der Waals surface area (Å²) in [6.07, 6.45) is 5.71. The number of pyridine rings is 1. The Hall–Kier alpha value is -2.51. The van der Waals surface area contributed by atoms with Crippen LogP contribution in [0.3, 0.4) is 0 Å². The lowest BCUT2D eigenvalue weighted by Gasteiger charge is -2.27. The Morgan fingerprint density at radius 1 is 1.31 bits per heavy atom. The molecule has 3 aromatic heterocycles. The minimum Gasteiger partial charge on any atom is -0.348 e. The average Bonchev–Trinajstić information content (AvgIpc) is 3.30. The van der Waals surface area contributed by atoms with Crippen molar-refractivity contribution in [2.24, 2.45) is 7.05 Å². The number of thiophene rings is 1. The van der Waals surface area contributed by atoms with Crippen LogP contribution in [0, 0.1) is 6.92 Å². The van der Waals surface area contributed by atoms with Crippen molar-refractivity contribution >= 4 is 17.2 Å². The summed E-state index contributed by atoms with van der Waals surface area (Å²) in [4.78, 5) is 21.0. The molecule has 0 spiro atoms. The molecule has 0 fully saturated rings. The van der Waals surface area contributed by atoms with Crippen molar-refractivity contribution in [1.29, 1.82) is 0 Å². The maximum absolute atomic E-state index is 12.7. The first-order valence-corrected chi connectivity index (χ1v) is 10.9. The highest BCUT2D eigenvalue weighted by Crippen LogP contribution is 2.29. The van der Waals surface area contributed by atoms with Crippen LogP contribution in [0.1, 0.15) is 50.2 Å². The van der Waals surface area contributed by atoms with Crippen molar-refractivity contribution in [3.63, 3.8) is 0 Å². The van der Waals surface area contributed by atoms with E-state index in [1.165, 1.54) is 16.0 Å². The maximum atomic E-state index is 12.7. The number of fused-ring (bicyclic) bond motifs is 1. The molecule has 1 N–H and O–H groups in total. The molecule has 0 saturated carbocycles. The number of nitrogens with one attached hydrogen (secondary N) is 1. The number of aromatic nitrogens is 3. The van der Waals surface area contributed by atoms with Gasteiger partial charge in [-0.2, -0.15) is 5.10 Å². The van der Waals surface area contributed by atoms with Gasteiger partial charge in [0.15, 0.2) is 0 Å². The largest absolute Gasteiger partial charge is 0.348 e. The molecule has 0 atom stereocenters. The minimum absolute atomic E-state index is 0.0102. The Balaban J connectivity index is 1.38. The van der Waals surface area contributed by atoms with Crippen molar-refractivity contribution in [2.75, 3.05) is 6.54 Å². The van der Waals surface area contributed by atoms with E-state index in [1.54, 1.807) is 11.3 Å². The summed E-state index contributed by atoms with van der Waals surface area (Å²) < 4.78 is 1.83. The monoisotopic (exact) mass is 409 g/mol. The fourth-order valence-corrected chi connectivity index (χ4v) is 4.80. The zero-order chi connectivity index (χ0) is 20.4. The van der Waals surface area contributed by atoms with Crippen molar-refractivity contribution in [3.05, 3.63) is 68.4 Å². The zero-order valence-corrected chi connectivity index (χ0v) is 18.1. The van der Waals surface area contributed by atoms with E-state index in [4.69, 9.17) is 0 Å². The predicted octanol–water partition coefficient (Wildman–Crippen LogP) is 3.24. The normalized spacial score (nSPS) is 14.0. The second-order valence-corrected chi connectivity index (χ2v) is 8.55. The first-order valence-electron chi connectivity index (χ1n) is 10.1. The van der Waals surface area contributed by atoms with Gasteiger partial charge in [-0.15, -0.1) is 11.3 Å². The number of nitrogens with zero attached hydrogens (tertiary/aromatic N) is 4. The Labute approximate surface area is 175 Å². The standard InChI is InChI=1S/C22H27N5OS/c1-4-16-5-6-18(23-9-16)12-27-8-7-19-20(14-29-21(19)13-27)22(28)24-10-17-11-25-26(3)15(17)2/h5-6,9,11,14H,4,7-8,10,12-13H2,1-3H3,(H,24,28). The third-order valence-electron chi connectivity index (χ3n) is 5.73. The summed E-state index contributed by atoms with van der Waals surface area (Å²) in [6.45, 7) is 7.35. The van der Waals surface area contributed by atoms with Crippen LogP contribution in [0.2, 0.25) is 0 Å². The number of amides is 1. The van der Waals surface area contributed by atoms with Gasteiger partial charge in [-0.3, -0.25) is 19.4 Å². The van der Waals surface area contributed by atoms with Gasteiger partial charge in [0.2, 0.25) is 0 Å². The fourth-order valence-electron chi connectivity index (χ4n) is 3.68. The molecule has 0 bridgehead atoms. The van der Waals surface area contributed by atoms with E-state index in [0.717, 1.165) is 55.0 Å². The van der Waals surface area contributed by atoms with Crippen LogP contribution in [0.5, 0.6) is 0 Å². The molecule has 1 amide bonds. The van der Waals surface area contributed by atoms with Gasteiger partial charge in [0.05, 0.1) is 17.5 Å². The quantitative estimate of drug-likeness (QED) is 0.679. The number of hydrogen-bond acceptors (Lipinski definition) is 5. The molecule has 0 unspecified atom stereocenters. The van der Waals surface area contributed by atoms with Crippen molar-refractivity contribution < 1.29 is 4.79 Å². The summed E-state index contributed by atoms with van der Waals surface area (Å²) >= 11 is 1.69. The van der Waals surface area contributed by atoms with Crippen LogP contribution in [-0.2, 0) is 39.5 Å². The molecule has 3 aromatic rings. The molecule has 1 aliphatic heterocycles. The van der Waals surface area contributed by atoms with E-state index in [-0.39, 0.29) is 5.91 Å². The Kier molecular flexibility index (Phi) is 5.78. The lowest BCUT2D eigenvalue weighted by Crippen LogP contribution is -2.31. The van der Waals surface area contributed by atoms with Gasteiger partial charge >= 0.3 is 0 Å². The molecule has 0 aliphatic carbocycles. The van der Waals surface area contributed by atoms with E-state index in [2.05, 4.69) is 39.4 Å². The number of rotatable bonds is 6. The Bertz CT molecular complexity index is 1000. The maximum Gasteiger partial charge on any atom is 0.252 e. The van der Waals surface area contributed by atoms with Gasteiger partial charge in [-0.1, -0.05) is 13.0 Å². The van der Waals surface area contributed by atoms with Crippen LogP contribution in [-0.4, -0.2) is 32.1 Å². The highest BCUT2D eigenvalue weighted by Gasteiger charge is 2.24. The number of aryl methyl sites for hydroxylation is 2. The molecular formula is C22H27N5OS. The SMILES string of the molecule is CCc1ccc(CN2CCc3c(C(=O)NCc4cnn(C)c4C)csc3C2)nc1. The molecule has 7 heteroatoms. The summed E-state index contributed by atoms with van der Waals surface area (Å²) in [5.74, 6) is 0.0102. The highest BCUT2D eigenvalue weighted by atomic mass is 32.1. The van der Waals surface area contributed by atoms with E-state index in [1.807, 2.05) is 36.4 Å². The van der Waals surface area contributed by atoms with Crippen LogP contribution < -0.4 is 5.32 Å². The average molecular weight is 410 g/mol. The molecular weight excluding hydrogens is 382 g/mol. The van der Waals surface area contributed by atoms with Gasteiger partial charge in [0.1, 0.15) is 0 Å². The van der Waals surface area contributed by atoms with Gasteiger partial charge < -0.3 is 5.32 Å². The fraction of sp³-hybridized carbons (Fsp3) is 0.409. The third kappa shape index (κ3) is 4.26. The van der Waals surface area contributed by atoms with E-state index >= 15 is 0 Å². The van der Waals surface area contributed by atoms with Crippen molar-refractivity contribution in [1.82, 2.24) is 25.0 Å². The minimum atomic E-state index is 0.0102. The van der Waals surface area contributed by atoms with Crippen molar-refractivity contribution in [3.8, 4) is 0 Å². The molecule has 0 radical (unpaired) electrons. The lowest BCUT2D eigenvalue weighted by molar-refractivity contribution is 0.0949. The smallest absolute Gasteiger partial charge is 0.252 e. The molecule has 1 aliphatic rings. The second-order valence-electron chi connectivity index (χ2n) is 7.58. The molecule has 4 heterocycles. The molecule has 0 aromatic carbocycles. The van der Waals surface area contributed by atoms with Crippen molar-refractivity contribution in [2.45, 2.75) is 46.3 Å². The van der Waals surface area contributed by atoms with Gasteiger partial charge in [0.25, 0.3) is 5.91 Å². The van der Waals surface area contributed by atoms with E-state index in [0.29, 0.717) is 6.54 Å². The third-order valence-corrected chi connectivity index (χ3v) is 6.74. The van der Waals surface area contributed by atoms with Crippen LogP contribution >= 0.6 is 11.3 Å². The molecule has 152 valence electrons. The van der Waals surface area contributed by atoms with Gasteiger partial charge in [-0.25, -0.2) is 0 Å². The molecule has 6 nitrogen and oxygen atoms in total. The number of carbonyl (C=O) groups excluding carboxylic acids is 1. The zero-order valence-electron chi connectivity index (χ0n) is 17.2. The van der Waals surface area contributed by atoms with Gasteiger partial charge in [0, 0.05) is 60.9 Å². The summed E-state index contributed by atoms with van der Waals surface area (Å²) in [5, 5.41) is 9.30. The molecule has 4 rings (SSSR count). The molecule has 0 saturated heterocycles. The second kappa shape index (κ2) is 8.47. The predicted molar refractivity (Wildman–Crippen MR) is 115 cm³/mol. The topological polar surface area (TPSA) is 63.1 Å². The van der Waals surface area contributed by atoms with E-state index < -0.39 is 0 Å². The summed E-state index contributed by atoms with van der Waals surface area (Å²) in [7, 11) is 1.91. The van der Waals surface area contributed by atoms with Gasteiger partial charge in [-0.05, 0) is 37.0 Å². The van der Waals surface area contributed by atoms with Crippen LogP contribution in [0.4, 0.5) is 0 Å². The highest BCUT2D eigenvalue weighted by molar-refractivity contribution is 7.10. The lowest BCUT2D eigenvalue weighted by atomic mass is 10.0. The summed E-state index contributed by atoms with van der Waals surface area (Å²) in [6, 6.07) is 4.29. The number of hydrogen-bond donors (Lipinski definition) is 1. The summed E-state index contributed by atoms with van der Waals surface area (Å²) in [5.41, 5.74) is 6.54. The Morgan fingerprint density at radius 3 is 2.86 bits per heavy atom.